The van der Waals surface area contributed by atoms with Crippen LogP contribution in [0, 0.1) is 19.8 Å². The first-order chi connectivity index (χ1) is 11.4. The lowest BCUT2D eigenvalue weighted by molar-refractivity contribution is 0.637. The number of hydrogen-bond donors (Lipinski definition) is 2. The SMILES string of the molecule is Cc1ccc(C)c(NC(=S)NC[C@H](C)CSc2ccc(Cl)cc2)c1. The Morgan fingerprint density at radius 1 is 1.17 bits per heavy atom. The third-order valence-electron chi connectivity index (χ3n) is 3.60. The van der Waals surface area contributed by atoms with Crippen LogP contribution in [-0.2, 0) is 0 Å². The zero-order chi connectivity index (χ0) is 17.5. The molecule has 2 aromatic carbocycles. The molecule has 0 radical (unpaired) electrons. The van der Waals surface area contributed by atoms with Crippen LogP contribution in [0.5, 0.6) is 0 Å². The molecule has 1 atom stereocenters. The van der Waals surface area contributed by atoms with Gasteiger partial charge in [-0.2, -0.15) is 0 Å². The van der Waals surface area contributed by atoms with Crippen molar-refractivity contribution in [3.8, 4) is 0 Å². The molecule has 0 fully saturated rings. The number of halogens is 1. The number of benzene rings is 2. The molecule has 0 spiro atoms. The fraction of sp³-hybridized carbons (Fsp3) is 0.316. The van der Waals surface area contributed by atoms with Crippen LogP contribution in [0.4, 0.5) is 5.69 Å². The van der Waals surface area contributed by atoms with Crippen molar-refractivity contribution in [2.24, 2.45) is 5.92 Å². The molecular formula is C19H23ClN2S2. The second kappa shape index (κ2) is 9.30. The van der Waals surface area contributed by atoms with Gasteiger partial charge in [-0.05, 0) is 73.4 Å². The smallest absolute Gasteiger partial charge is 0.170 e. The molecule has 0 bridgehead atoms. The number of anilines is 1. The molecule has 2 N–H and O–H groups in total. The van der Waals surface area contributed by atoms with E-state index in [1.807, 2.05) is 23.9 Å². The Morgan fingerprint density at radius 2 is 1.88 bits per heavy atom. The van der Waals surface area contributed by atoms with Crippen molar-refractivity contribution < 1.29 is 0 Å². The molecule has 0 heterocycles. The van der Waals surface area contributed by atoms with E-state index < -0.39 is 0 Å². The Morgan fingerprint density at radius 3 is 2.58 bits per heavy atom. The van der Waals surface area contributed by atoms with E-state index >= 15 is 0 Å². The monoisotopic (exact) mass is 378 g/mol. The van der Waals surface area contributed by atoms with Crippen molar-refractivity contribution in [3.05, 3.63) is 58.6 Å². The Labute approximate surface area is 159 Å². The van der Waals surface area contributed by atoms with Crippen LogP contribution in [0.15, 0.2) is 47.4 Å². The first-order valence-corrected chi connectivity index (χ1v) is 9.71. The number of thiocarbonyl (C=S) groups is 1. The van der Waals surface area contributed by atoms with Crippen molar-refractivity contribution in [2.45, 2.75) is 25.7 Å². The van der Waals surface area contributed by atoms with Crippen molar-refractivity contribution in [1.82, 2.24) is 5.32 Å². The van der Waals surface area contributed by atoms with Crippen molar-refractivity contribution in [3.63, 3.8) is 0 Å². The van der Waals surface area contributed by atoms with Crippen LogP contribution in [0.2, 0.25) is 5.02 Å². The molecule has 5 heteroatoms. The van der Waals surface area contributed by atoms with E-state index in [4.69, 9.17) is 23.8 Å². The van der Waals surface area contributed by atoms with Gasteiger partial charge in [0, 0.05) is 27.9 Å². The summed E-state index contributed by atoms with van der Waals surface area (Å²) in [6, 6.07) is 14.3. The molecule has 0 aromatic heterocycles. The van der Waals surface area contributed by atoms with E-state index in [0.29, 0.717) is 11.0 Å². The minimum absolute atomic E-state index is 0.504. The van der Waals surface area contributed by atoms with E-state index in [-0.39, 0.29) is 0 Å². The highest BCUT2D eigenvalue weighted by atomic mass is 35.5. The van der Waals surface area contributed by atoms with Crippen LogP contribution in [0.1, 0.15) is 18.1 Å². The van der Waals surface area contributed by atoms with Gasteiger partial charge in [0.05, 0.1) is 0 Å². The highest BCUT2D eigenvalue weighted by Crippen LogP contribution is 2.22. The molecule has 0 aliphatic rings. The second-order valence-electron chi connectivity index (χ2n) is 6.02. The van der Waals surface area contributed by atoms with Gasteiger partial charge < -0.3 is 10.6 Å². The summed E-state index contributed by atoms with van der Waals surface area (Å²) in [7, 11) is 0. The maximum absolute atomic E-state index is 5.91. The van der Waals surface area contributed by atoms with Crippen molar-refractivity contribution in [1.29, 1.82) is 0 Å². The summed E-state index contributed by atoms with van der Waals surface area (Å²) in [6.45, 7) is 7.22. The van der Waals surface area contributed by atoms with Gasteiger partial charge in [0.1, 0.15) is 0 Å². The number of hydrogen-bond acceptors (Lipinski definition) is 2. The van der Waals surface area contributed by atoms with Gasteiger partial charge in [-0.3, -0.25) is 0 Å². The highest BCUT2D eigenvalue weighted by Gasteiger charge is 2.06. The third-order valence-corrected chi connectivity index (χ3v) is 5.44. The number of thioether (sulfide) groups is 1. The minimum atomic E-state index is 0.504. The van der Waals surface area contributed by atoms with Gasteiger partial charge >= 0.3 is 0 Å². The van der Waals surface area contributed by atoms with Crippen LogP contribution in [0.25, 0.3) is 0 Å². The molecule has 0 aliphatic carbocycles. The average molecular weight is 379 g/mol. The summed E-state index contributed by atoms with van der Waals surface area (Å²) in [5, 5.41) is 8.04. The number of aryl methyl sites for hydroxylation is 2. The predicted molar refractivity (Wildman–Crippen MR) is 111 cm³/mol. The van der Waals surface area contributed by atoms with Crippen LogP contribution >= 0.6 is 35.6 Å². The van der Waals surface area contributed by atoms with Crippen LogP contribution in [-0.4, -0.2) is 17.4 Å². The summed E-state index contributed by atoms with van der Waals surface area (Å²) in [5.41, 5.74) is 3.48. The Bertz CT molecular complexity index is 686. The molecule has 0 unspecified atom stereocenters. The molecule has 0 saturated carbocycles. The predicted octanol–water partition coefficient (Wildman–Crippen LogP) is 5.67. The highest BCUT2D eigenvalue weighted by molar-refractivity contribution is 7.99. The zero-order valence-electron chi connectivity index (χ0n) is 14.2. The Hall–Kier alpha value is -1.23. The fourth-order valence-corrected chi connectivity index (χ4v) is 3.37. The van der Waals surface area contributed by atoms with Crippen molar-refractivity contribution >= 4 is 46.4 Å². The van der Waals surface area contributed by atoms with E-state index in [0.717, 1.165) is 23.0 Å². The quantitative estimate of drug-likeness (QED) is 0.499. The van der Waals surface area contributed by atoms with Gasteiger partial charge in [0.2, 0.25) is 0 Å². The second-order valence-corrected chi connectivity index (χ2v) is 7.96. The van der Waals surface area contributed by atoms with Gasteiger partial charge in [0.15, 0.2) is 5.11 Å². The summed E-state index contributed by atoms with van der Waals surface area (Å²) in [4.78, 5) is 1.24. The summed E-state index contributed by atoms with van der Waals surface area (Å²) >= 11 is 13.1. The normalized spacial score (nSPS) is 11.8. The molecule has 0 aliphatic heterocycles. The van der Waals surface area contributed by atoms with Gasteiger partial charge in [-0.25, -0.2) is 0 Å². The van der Waals surface area contributed by atoms with E-state index in [2.05, 4.69) is 61.7 Å². The van der Waals surface area contributed by atoms with Gasteiger partial charge in [-0.1, -0.05) is 30.7 Å². The van der Waals surface area contributed by atoms with Crippen LogP contribution in [0.3, 0.4) is 0 Å². The molecule has 2 rings (SSSR count). The molecule has 0 saturated heterocycles. The molecule has 24 heavy (non-hydrogen) atoms. The van der Waals surface area contributed by atoms with Gasteiger partial charge in [-0.15, -0.1) is 11.8 Å². The Kier molecular flexibility index (Phi) is 7.40. The maximum Gasteiger partial charge on any atom is 0.170 e. The van der Waals surface area contributed by atoms with Gasteiger partial charge in [0.25, 0.3) is 0 Å². The first kappa shape index (κ1) is 19.1. The first-order valence-electron chi connectivity index (χ1n) is 7.94. The third kappa shape index (κ3) is 6.34. The minimum Gasteiger partial charge on any atom is -0.362 e. The lowest BCUT2D eigenvalue weighted by Crippen LogP contribution is -2.33. The number of nitrogens with one attached hydrogen (secondary N) is 2. The summed E-state index contributed by atoms with van der Waals surface area (Å²) < 4.78 is 0. The van der Waals surface area contributed by atoms with Crippen LogP contribution < -0.4 is 10.6 Å². The molecule has 128 valence electrons. The number of rotatable bonds is 6. The molecular weight excluding hydrogens is 356 g/mol. The van der Waals surface area contributed by atoms with E-state index in [1.165, 1.54) is 16.0 Å². The van der Waals surface area contributed by atoms with E-state index in [9.17, 15) is 0 Å². The Balaban J connectivity index is 1.74. The maximum atomic E-state index is 5.91. The molecule has 2 aromatic rings. The standard InChI is InChI=1S/C19H23ClN2S2/c1-13-4-5-15(3)18(10-13)22-19(23)21-11-14(2)12-24-17-8-6-16(20)7-9-17/h4-10,14H,11-12H2,1-3H3,(H2,21,22,23)/t14-/m0/s1. The average Bonchev–Trinajstić information content (AvgIpc) is 2.56. The fourth-order valence-electron chi connectivity index (χ4n) is 2.13. The lowest BCUT2D eigenvalue weighted by Gasteiger charge is -2.16. The molecule has 2 nitrogen and oxygen atoms in total. The van der Waals surface area contributed by atoms with Crippen molar-refractivity contribution in [2.75, 3.05) is 17.6 Å². The molecule has 0 amide bonds. The zero-order valence-corrected chi connectivity index (χ0v) is 16.6. The summed E-state index contributed by atoms with van der Waals surface area (Å²) in [5.74, 6) is 1.53. The lowest BCUT2D eigenvalue weighted by atomic mass is 10.1. The topological polar surface area (TPSA) is 24.1 Å². The van der Waals surface area contributed by atoms with E-state index in [1.54, 1.807) is 0 Å². The largest absolute Gasteiger partial charge is 0.362 e. The summed E-state index contributed by atoms with van der Waals surface area (Å²) in [6.07, 6.45) is 0.